The van der Waals surface area contributed by atoms with Gasteiger partial charge in [0.15, 0.2) is 0 Å². The fraction of sp³-hybridized carbons (Fsp3) is 0.455. The van der Waals surface area contributed by atoms with E-state index in [-0.39, 0.29) is 0 Å². The van der Waals surface area contributed by atoms with Crippen molar-refractivity contribution >= 4 is 23.2 Å². The van der Waals surface area contributed by atoms with Crippen LogP contribution in [0.15, 0.2) is 12.1 Å². The van der Waals surface area contributed by atoms with Crippen molar-refractivity contribution < 1.29 is 9.47 Å². The van der Waals surface area contributed by atoms with Gasteiger partial charge in [-0.05, 0) is 18.1 Å². The summed E-state index contributed by atoms with van der Waals surface area (Å²) in [6.45, 7) is 1.66. The monoisotopic (exact) mass is 263 g/mol. The molecule has 0 aliphatic rings. The molecule has 0 saturated carbocycles. The molecule has 0 unspecified atom stereocenters. The van der Waals surface area contributed by atoms with Crippen LogP contribution in [0.25, 0.3) is 0 Å². The molecule has 0 aromatic heterocycles. The first-order chi connectivity index (χ1) is 7.70. The van der Waals surface area contributed by atoms with Crippen LogP contribution in [0.4, 0.5) is 0 Å². The average molecular weight is 264 g/mol. The number of ether oxygens (including phenoxy) is 2. The Bertz CT molecular complexity index is 345. The predicted molar refractivity (Wildman–Crippen MR) is 66.6 cm³/mol. The third-order valence-electron chi connectivity index (χ3n) is 2.12. The molecule has 1 rings (SSSR count). The van der Waals surface area contributed by atoms with Gasteiger partial charge in [-0.2, -0.15) is 0 Å². The Labute approximate surface area is 105 Å². The molecule has 16 heavy (non-hydrogen) atoms. The molecule has 2 N–H and O–H groups in total. The summed E-state index contributed by atoms with van der Waals surface area (Å²) in [5.41, 5.74) is 6.26. The topological polar surface area (TPSA) is 44.5 Å². The van der Waals surface area contributed by atoms with E-state index in [0.29, 0.717) is 42.0 Å². The molecule has 90 valence electrons. The quantitative estimate of drug-likeness (QED) is 0.803. The highest BCUT2D eigenvalue weighted by molar-refractivity contribution is 6.43. The summed E-state index contributed by atoms with van der Waals surface area (Å²) in [5.74, 6) is 0.582. The predicted octanol–water partition coefficient (Wildman–Crippen LogP) is 2.52. The zero-order valence-corrected chi connectivity index (χ0v) is 10.6. The molecule has 0 saturated heterocycles. The van der Waals surface area contributed by atoms with Crippen LogP contribution in [-0.4, -0.2) is 26.9 Å². The summed E-state index contributed by atoms with van der Waals surface area (Å²) in [5, 5.41) is 0.970. The second kappa shape index (κ2) is 6.97. The normalized spacial score (nSPS) is 10.5. The summed E-state index contributed by atoms with van der Waals surface area (Å²) in [6.07, 6.45) is 0.711. The molecule has 0 aliphatic carbocycles. The Hall–Kier alpha value is -0.480. The Kier molecular flexibility index (Phi) is 5.91. The third-order valence-corrected chi connectivity index (χ3v) is 3.03. The molecule has 0 fully saturated rings. The van der Waals surface area contributed by atoms with Gasteiger partial charge in [-0.15, -0.1) is 0 Å². The van der Waals surface area contributed by atoms with Crippen molar-refractivity contribution in [1.29, 1.82) is 0 Å². The molecule has 0 amide bonds. The van der Waals surface area contributed by atoms with Gasteiger partial charge in [-0.3, -0.25) is 0 Å². The second-order valence-electron chi connectivity index (χ2n) is 3.21. The number of methoxy groups -OCH3 is 1. The van der Waals surface area contributed by atoms with E-state index in [0.717, 1.165) is 5.56 Å². The van der Waals surface area contributed by atoms with Gasteiger partial charge in [-0.25, -0.2) is 0 Å². The summed E-state index contributed by atoms with van der Waals surface area (Å²) in [6, 6.07) is 3.69. The summed E-state index contributed by atoms with van der Waals surface area (Å²) in [7, 11) is 1.56. The molecule has 0 spiro atoms. The summed E-state index contributed by atoms with van der Waals surface area (Å²) in [4.78, 5) is 0. The van der Waals surface area contributed by atoms with E-state index in [1.807, 2.05) is 6.07 Å². The van der Waals surface area contributed by atoms with Crippen LogP contribution < -0.4 is 10.5 Å². The van der Waals surface area contributed by atoms with Gasteiger partial charge in [-0.1, -0.05) is 29.3 Å². The van der Waals surface area contributed by atoms with Gasteiger partial charge in [0.05, 0.1) is 25.3 Å². The lowest BCUT2D eigenvalue weighted by molar-refractivity contribution is 0.145. The minimum absolute atomic E-state index is 0.445. The van der Waals surface area contributed by atoms with Crippen LogP contribution >= 0.6 is 23.2 Å². The number of hydrogen-bond acceptors (Lipinski definition) is 3. The van der Waals surface area contributed by atoms with Crippen molar-refractivity contribution in [2.45, 2.75) is 6.42 Å². The van der Waals surface area contributed by atoms with Crippen LogP contribution in [0.5, 0.6) is 5.75 Å². The van der Waals surface area contributed by atoms with Gasteiger partial charge in [0, 0.05) is 6.54 Å². The maximum absolute atomic E-state index is 6.10. The number of hydrogen-bond donors (Lipinski definition) is 1. The zero-order valence-electron chi connectivity index (χ0n) is 9.13. The van der Waals surface area contributed by atoms with E-state index in [9.17, 15) is 0 Å². The molecule has 5 heteroatoms. The largest absolute Gasteiger partial charge is 0.495 e. The SMILES string of the molecule is COc1ccc(CCOCCN)c(Cl)c1Cl. The molecule has 0 atom stereocenters. The number of nitrogens with two attached hydrogens (primary N) is 1. The van der Waals surface area contributed by atoms with Gasteiger partial charge in [0.2, 0.25) is 0 Å². The lowest BCUT2D eigenvalue weighted by Crippen LogP contribution is -2.10. The molecule has 0 bridgehead atoms. The fourth-order valence-electron chi connectivity index (χ4n) is 1.29. The Morgan fingerprint density at radius 3 is 2.56 bits per heavy atom. The minimum Gasteiger partial charge on any atom is -0.495 e. The molecule has 3 nitrogen and oxygen atoms in total. The standard InChI is InChI=1S/C11H15Cl2NO2/c1-15-9-3-2-8(10(12)11(9)13)4-6-16-7-5-14/h2-3H,4-7,14H2,1H3. The van der Waals surface area contributed by atoms with Gasteiger partial charge < -0.3 is 15.2 Å². The Balaban J connectivity index is 2.64. The highest BCUT2D eigenvalue weighted by atomic mass is 35.5. The van der Waals surface area contributed by atoms with Crippen molar-refractivity contribution in [3.63, 3.8) is 0 Å². The first-order valence-electron chi connectivity index (χ1n) is 4.99. The van der Waals surface area contributed by atoms with Crippen LogP contribution in [0.3, 0.4) is 0 Å². The first kappa shape index (κ1) is 13.6. The number of rotatable bonds is 6. The molecule has 1 aromatic rings. The van der Waals surface area contributed by atoms with Gasteiger partial charge in [0.1, 0.15) is 10.8 Å². The fourth-order valence-corrected chi connectivity index (χ4v) is 1.80. The van der Waals surface area contributed by atoms with Crippen LogP contribution in [0, 0.1) is 0 Å². The third kappa shape index (κ3) is 3.52. The van der Waals surface area contributed by atoms with Crippen molar-refractivity contribution in [3.05, 3.63) is 27.7 Å². The minimum atomic E-state index is 0.445. The Morgan fingerprint density at radius 2 is 1.94 bits per heavy atom. The van der Waals surface area contributed by atoms with Crippen molar-refractivity contribution in [2.75, 3.05) is 26.9 Å². The van der Waals surface area contributed by atoms with E-state index in [1.54, 1.807) is 13.2 Å². The van der Waals surface area contributed by atoms with Crippen molar-refractivity contribution in [1.82, 2.24) is 0 Å². The second-order valence-corrected chi connectivity index (χ2v) is 3.96. The van der Waals surface area contributed by atoms with Crippen molar-refractivity contribution in [3.8, 4) is 5.75 Å². The van der Waals surface area contributed by atoms with Crippen LogP contribution in [0.2, 0.25) is 10.0 Å². The molecular formula is C11H15Cl2NO2. The maximum Gasteiger partial charge on any atom is 0.138 e. The average Bonchev–Trinajstić information content (AvgIpc) is 2.30. The number of halogens is 2. The Morgan fingerprint density at radius 1 is 1.19 bits per heavy atom. The van der Waals surface area contributed by atoms with E-state index in [1.165, 1.54) is 0 Å². The van der Waals surface area contributed by atoms with Crippen molar-refractivity contribution in [2.24, 2.45) is 5.73 Å². The van der Waals surface area contributed by atoms with E-state index in [4.69, 9.17) is 38.4 Å². The molecular weight excluding hydrogens is 249 g/mol. The van der Waals surface area contributed by atoms with E-state index >= 15 is 0 Å². The molecule has 1 aromatic carbocycles. The molecule has 0 radical (unpaired) electrons. The van der Waals surface area contributed by atoms with Gasteiger partial charge in [0.25, 0.3) is 0 Å². The summed E-state index contributed by atoms with van der Waals surface area (Å²) >= 11 is 12.1. The van der Waals surface area contributed by atoms with Crippen LogP contribution in [0.1, 0.15) is 5.56 Å². The highest BCUT2D eigenvalue weighted by Crippen LogP contribution is 2.34. The zero-order chi connectivity index (χ0) is 12.0. The van der Waals surface area contributed by atoms with E-state index in [2.05, 4.69) is 0 Å². The highest BCUT2D eigenvalue weighted by Gasteiger charge is 2.09. The van der Waals surface area contributed by atoms with Crippen LogP contribution in [-0.2, 0) is 11.2 Å². The lowest BCUT2D eigenvalue weighted by atomic mass is 10.1. The first-order valence-corrected chi connectivity index (χ1v) is 5.75. The van der Waals surface area contributed by atoms with Gasteiger partial charge >= 0.3 is 0 Å². The maximum atomic E-state index is 6.10. The molecule has 0 heterocycles. The molecule has 0 aliphatic heterocycles. The van der Waals surface area contributed by atoms with E-state index < -0.39 is 0 Å². The number of benzene rings is 1. The summed E-state index contributed by atoms with van der Waals surface area (Å²) < 4.78 is 10.3. The lowest BCUT2D eigenvalue weighted by Gasteiger charge is -2.09. The smallest absolute Gasteiger partial charge is 0.138 e.